The molecule has 0 radical (unpaired) electrons. The summed E-state index contributed by atoms with van der Waals surface area (Å²) in [4.78, 5) is -1.88. The van der Waals surface area contributed by atoms with Gasteiger partial charge in [0.2, 0.25) is 0 Å². The lowest BCUT2D eigenvalue weighted by molar-refractivity contribution is 0.244. The monoisotopic (exact) mass is 140 g/mol. The Morgan fingerprint density at radius 2 is 2.00 bits per heavy atom. The van der Waals surface area contributed by atoms with Crippen LogP contribution in [-0.4, -0.2) is 25.5 Å². The highest BCUT2D eigenvalue weighted by atomic mass is 32.2. The predicted molar refractivity (Wildman–Crippen MR) is 29.0 cm³/mol. The van der Waals surface area contributed by atoms with E-state index in [9.17, 15) is 4.21 Å². The van der Waals surface area contributed by atoms with Crippen molar-refractivity contribution in [3.05, 3.63) is 0 Å². The molecule has 0 aromatic rings. The number of hydrogen-bond donors (Lipinski definition) is 4. The van der Waals surface area contributed by atoms with Crippen LogP contribution in [0.3, 0.4) is 0 Å². The third-order valence-corrected chi connectivity index (χ3v) is 1.35. The van der Waals surface area contributed by atoms with Gasteiger partial charge >= 0.3 is 0 Å². The van der Waals surface area contributed by atoms with Crippen LogP contribution < -0.4 is 11.5 Å². The molecule has 50 valence electrons. The third kappa shape index (κ3) is 1.85. The van der Waals surface area contributed by atoms with E-state index in [2.05, 4.69) is 0 Å². The molecule has 0 saturated carbocycles. The molecule has 8 heavy (non-hydrogen) atoms. The van der Waals surface area contributed by atoms with E-state index in [1.165, 1.54) is 0 Å². The average Bonchev–Trinajstić information content (AvgIpc) is 1.67. The van der Waals surface area contributed by atoms with E-state index in [-0.39, 0.29) is 0 Å². The quantitative estimate of drug-likeness (QED) is 0.256. The average molecular weight is 140 g/mol. The first-order valence-corrected chi connectivity index (χ1v) is 2.91. The minimum atomic E-state index is -2.37. The van der Waals surface area contributed by atoms with Crippen molar-refractivity contribution in [2.75, 3.05) is 6.61 Å². The lowest BCUT2D eigenvalue weighted by Crippen LogP contribution is -2.56. The molecular formula is C2H8N2O3S. The summed E-state index contributed by atoms with van der Waals surface area (Å²) >= 11 is -2.37. The Bertz CT molecular complexity index is 103. The normalized spacial score (nSPS) is 16.0. The van der Waals surface area contributed by atoms with Gasteiger partial charge in [-0.15, -0.1) is 0 Å². The van der Waals surface area contributed by atoms with Crippen LogP contribution in [0.1, 0.15) is 0 Å². The standard InChI is InChI=1S/C2H8N2O3S/c3-2(4,1-5)8(6)7/h5H,1,3-4H2,(H,6,7). The van der Waals surface area contributed by atoms with E-state index in [0.29, 0.717) is 0 Å². The summed E-state index contributed by atoms with van der Waals surface area (Å²) < 4.78 is 18.1. The Kier molecular flexibility index (Phi) is 2.51. The highest BCUT2D eigenvalue weighted by Crippen LogP contribution is 1.91. The van der Waals surface area contributed by atoms with Gasteiger partial charge in [0.25, 0.3) is 0 Å². The molecule has 0 bridgehead atoms. The molecule has 0 amide bonds. The van der Waals surface area contributed by atoms with Crippen molar-refractivity contribution in [2.24, 2.45) is 11.5 Å². The van der Waals surface area contributed by atoms with Crippen LogP contribution >= 0.6 is 0 Å². The van der Waals surface area contributed by atoms with E-state index in [1.54, 1.807) is 0 Å². The molecule has 6 N–H and O–H groups in total. The van der Waals surface area contributed by atoms with Gasteiger partial charge in [-0.3, -0.25) is 11.5 Å². The maximum Gasteiger partial charge on any atom is 0.191 e. The fraction of sp³-hybridized carbons (Fsp3) is 1.00. The fourth-order valence-corrected chi connectivity index (χ4v) is 0.166. The molecule has 6 heteroatoms. The molecule has 0 aromatic heterocycles. The highest BCUT2D eigenvalue weighted by molar-refractivity contribution is 7.80. The maximum absolute atomic E-state index is 9.95. The molecule has 0 fully saturated rings. The molecule has 0 heterocycles. The first-order valence-electron chi connectivity index (χ1n) is 1.80. The van der Waals surface area contributed by atoms with Crippen molar-refractivity contribution >= 4 is 11.1 Å². The third-order valence-electron chi connectivity index (χ3n) is 0.572. The van der Waals surface area contributed by atoms with Crippen LogP contribution in [0, 0.1) is 0 Å². The van der Waals surface area contributed by atoms with Crippen LogP contribution in [0.25, 0.3) is 0 Å². The zero-order valence-electron chi connectivity index (χ0n) is 4.07. The van der Waals surface area contributed by atoms with Gasteiger partial charge in [0, 0.05) is 0 Å². The summed E-state index contributed by atoms with van der Waals surface area (Å²) in [5.74, 6) is 0. The second-order valence-corrected chi connectivity index (χ2v) is 2.62. The number of aliphatic hydroxyl groups excluding tert-OH is 1. The molecule has 0 spiro atoms. The molecule has 0 aliphatic rings. The van der Waals surface area contributed by atoms with Crippen molar-refractivity contribution in [1.82, 2.24) is 0 Å². The zero-order valence-corrected chi connectivity index (χ0v) is 4.89. The number of hydrogen-bond acceptors (Lipinski definition) is 4. The smallest absolute Gasteiger partial charge is 0.191 e. The van der Waals surface area contributed by atoms with E-state index in [0.717, 1.165) is 0 Å². The largest absolute Gasteiger partial charge is 0.392 e. The van der Waals surface area contributed by atoms with Crippen molar-refractivity contribution in [2.45, 2.75) is 4.99 Å². The predicted octanol–water partition coefficient (Wildman–Crippen LogP) is -2.23. The van der Waals surface area contributed by atoms with Gasteiger partial charge in [0.05, 0.1) is 6.61 Å². The second kappa shape index (κ2) is 2.51. The number of aliphatic hydroxyl groups is 1. The van der Waals surface area contributed by atoms with E-state index < -0.39 is 22.7 Å². The molecule has 1 atom stereocenters. The minimum Gasteiger partial charge on any atom is -0.392 e. The summed E-state index contributed by atoms with van der Waals surface area (Å²) in [6.45, 7) is -0.712. The Morgan fingerprint density at radius 1 is 1.62 bits per heavy atom. The SMILES string of the molecule is NC(N)(CO)S(=O)O. The second-order valence-electron chi connectivity index (χ2n) is 1.36. The Balaban J connectivity index is 3.91. The van der Waals surface area contributed by atoms with Gasteiger partial charge in [-0.1, -0.05) is 0 Å². The topological polar surface area (TPSA) is 110 Å². The zero-order chi connectivity index (χ0) is 6.78. The molecule has 0 aliphatic heterocycles. The Labute approximate surface area is 49.0 Å². The Hall–Kier alpha value is -0.0100. The number of rotatable bonds is 2. The Morgan fingerprint density at radius 3 is 2.00 bits per heavy atom. The highest BCUT2D eigenvalue weighted by Gasteiger charge is 2.24. The lowest BCUT2D eigenvalue weighted by atomic mass is 10.6. The van der Waals surface area contributed by atoms with Crippen molar-refractivity contribution < 1.29 is 13.9 Å². The van der Waals surface area contributed by atoms with Gasteiger partial charge in [-0.25, -0.2) is 4.21 Å². The van der Waals surface area contributed by atoms with E-state index >= 15 is 0 Å². The first-order chi connectivity index (χ1) is 3.50. The summed E-state index contributed by atoms with van der Waals surface area (Å²) in [7, 11) is 0. The molecule has 1 unspecified atom stereocenters. The molecule has 0 saturated heterocycles. The summed E-state index contributed by atoms with van der Waals surface area (Å²) in [6, 6.07) is 0. The number of nitrogens with two attached hydrogens (primary N) is 2. The maximum atomic E-state index is 9.95. The van der Waals surface area contributed by atoms with Crippen LogP contribution in [0.4, 0.5) is 0 Å². The van der Waals surface area contributed by atoms with Crippen LogP contribution in [0.2, 0.25) is 0 Å². The minimum absolute atomic E-state index is 0.712. The van der Waals surface area contributed by atoms with Gasteiger partial charge in [0.1, 0.15) is 0 Å². The van der Waals surface area contributed by atoms with Crippen molar-refractivity contribution in [3.8, 4) is 0 Å². The lowest BCUT2D eigenvalue weighted by Gasteiger charge is -2.14. The van der Waals surface area contributed by atoms with Gasteiger partial charge in [0.15, 0.2) is 16.1 Å². The molecule has 0 rings (SSSR count). The van der Waals surface area contributed by atoms with Gasteiger partial charge in [-0.2, -0.15) is 0 Å². The fourth-order valence-electron chi connectivity index (χ4n) is 0.0552. The molecule has 0 aliphatic carbocycles. The molecule has 5 nitrogen and oxygen atoms in total. The van der Waals surface area contributed by atoms with Gasteiger partial charge < -0.3 is 9.66 Å². The van der Waals surface area contributed by atoms with Gasteiger partial charge in [-0.05, 0) is 0 Å². The molecular weight excluding hydrogens is 132 g/mol. The van der Waals surface area contributed by atoms with E-state index in [1.807, 2.05) is 0 Å². The summed E-state index contributed by atoms with van der Waals surface area (Å²) in [5, 5.41) is 8.16. The van der Waals surface area contributed by atoms with Crippen molar-refractivity contribution in [1.29, 1.82) is 0 Å². The van der Waals surface area contributed by atoms with Crippen LogP contribution in [0.5, 0.6) is 0 Å². The van der Waals surface area contributed by atoms with Crippen molar-refractivity contribution in [3.63, 3.8) is 0 Å². The first kappa shape index (κ1) is 7.99. The molecule has 0 aromatic carbocycles. The van der Waals surface area contributed by atoms with Crippen LogP contribution in [-0.2, 0) is 11.1 Å². The van der Waals surface area contributed by atoms with Crippen LogP contribution in [0.15, 0.2) is 0 Å². The summed E-state index contributed by atoms with van der Waals surface area (Å²) in [6.07, 6.45) is 0. The van der Waals surface area contributed by atoms with E-state index in [4.69, 9.17) is 21.1 Å². The summed E-state index contributed by atoms with van der Waals surface area (Å²) in [5.41, 5.74) is 9.67.